The van der Waals surface area contributed by atoms with Gasteiger partial charge in [-0.25, -0.2) is 4.98 Å². The molecule has 0 aromatic carbocycles. The van der Waals surface area contributed by atoms with Gasteiger partial charge in [-0.1, -0.05) is 11.6 Å². The molecular formula is C12H15ClN2. The lowest BCUT2D eigenvalue weighted by molar-refractivity contribution is 0.567. The van der Waals surface area contributed by atoms with Crippen LogP contribution in [0.15, 0.2) is 18.3 Å². The Hall–Kier alpha value is -0.760. The van der Waals surface area contributed by atoms with Crippen LogP contribution in [0.25, 0.3) is 0 Å². The highest BCUT2D eigenvalue weighted by Gasteiger charge is 2.41. The molecule has 0 atom stereocenters. The zero-order valence-corrected chi connectivity index (χ0v) is 9.37. The van der Waals surface area contributed by atoms with Gasteiger partial charge in [0.25, 0.3) is 0 Å². The number of nitrogens with one attached hydrogen (secondary N) is 1. The fourth-order valence-corrected chi connectivity index (χ4v) is 2.38. The van der Waals surface area contributed by atoms with Gasteiger partial charge in [0.05, 0.1) is 5.69 Å². The highest BCUT2D eigenvalue weighted by molar-refractivity contribution is 6.31. The van der Waals surface area contributed by atoms with Crippen LogP contribution in [0.4, 0.5) is 5.69 Å². The van der Waals surface area contributed by atoms with E-state index < -0.39 is 0 Å². The topological polar surface area (TPSA) is 24.9 Å². The summed E-state index contributed by atoms with van der Waals surface area (Å²) >= 11 is 6.04. The summed E-state index contributed by atoms with van der Waals surface area (Å²) in [6.45, 7) is 0. The van der Waals surface area contributed by atoms with Crippen LogP contribution in [0.1, 0.15) is 25.7 Å². The highest BCUT2D eigenvalue weighted by Crippen LogP contribution is 2.46. The van der Waals surface area contributed by atoms with Gasteiger partial charge in [0.1, 0.15) is 0 Å². The van der Waals surface area contributed by atoms with Gasteiger partial charge < -0.3 is 5.32 Å². The largest absolute Gasteiger partial charge is 0.379 e. The first-order chi connectivity index (χ1) is 7.34. The van der Waals surface area contributed by atoms with Crippen LogP contribution in [0, 0.1) is 11.8 Å². The number of hydrogen-bond acceptors (Lipinski definition) is 2. The molecule has 2 aliphatic carbocycles. The zero-order chi connectivity index (χ0) is 10.3. The molecule has 2 saturated carbocycles. The standard InChI is InChI=1S/C12H15ClN2/c13-12-10(2-1-7-14-12)15-11(8-3-4-8)9-5-6-9/h1-2,7-9,11,15H,3-6H2. The molecule has 0 radical (unpaired) electrons. The Morgan fingerprint density at radius 1 is 1.27 bits per heavy atom. The van der Waals surface area contributed by atoms with Crippen molar-refractivity contribution in [3.63, 3.8) is 0 Å². The molecule has 0 bridgehead atoms. The second-order valence-corrected chi connectivity index (χ2v) is 5.04. The molecule has 3 heteroatoms. The normalized spacial score (nSPS) is 20.7. The van der Waals surface area contributed by atoms with Crippen molar-refractivity contribution in [1.29, 1.82) is 0 Å². The number of hydrogen-bond donors (Lipinski definition) is 1. The van der Waals surface area contributed by atoms with E-state index in [9.17, 15) is 0 Å². The predicted octanol–water partition coefficient (Wildman–Crippen LogP) is 3.34. The van der Waals surface area contributed by atoms with E-state index in [1.54, 1.807) is 6.20 Å². The van der Waals surface area contributed by atoms with Crippen molar-refractivity contribution < 1.29 is 0 Å². The molecule has 80 valence electrons. The van der Waals surface area contributed by atoms with Crippen molar-refractivity contribution in [3.8, 4) is 0 Å². The Balaban J connectivity index is 1.74. The first kappa shape index (κ1) is 9.46. The molecule has 2 aliphatic rings. The van der Waals surface area contributed by atoms with E-state index in [0.717, 1.165) is 17.5 Å². The summed E-state index contributed by atoms with van der Waals surface area (Å²) < 4.78 is 0. The molecule has 1 aromatic heterocycles. The van der Waals surface area contributed by atoms with Gasteiger partial charge >= 0.3 is 0 Å². The number of aromatic nitrogens is 1. The van der Waals surface area contributed by atoms with Crippen molar-refractivity contribution >= 4 is 17.3 Å². The number of halogens is 1. The average molecular weight is 223 g/mol. The number of rotatable bonds is 4. The van der Waals surface area contributed by atoms with Crippen molar-refractivity contribution in [3.05, 3.63) is 23.5 Å². The molecule has 1 heterocycles. The summed E-state index contributed by atoms with van der Waals surface area (Å²) in [4.78, 5) is 4.09. The monoisotopic (exact) mass is 222 g/mol. The van der Waals surface area contributed by atoms with E-state index in [1.165, 1.54) is 25.7 Å². The van der Waals surface area contributed by atoms with Gasteiger partial charge in [-0.05, 0) is 49.7 Å². The lowest BCUT2D eigenvalue weighted by Crippen LogP contribution is -2.24. The second-order valence-electron chi connectivity index (χ2n) is 4.69. The van der Waals surface area contributed by atoms with Crippen LogP contribution >= 0.6 is 11.6 Å². The van der Waals surface area contributed by atoms with Crippen molar-refractivity contribution in [1.82, 2.24) is 4.98 Å². The van der Waals surface area contributed by atoms with Crippen LogP contribution < -0.4 is 5.32 Å². The van der Waals surface area contributed by atoms with E-state index in [0.29, 0.717) is 11.2 Å². The molecule has 0 unspecified atom stereocenters. The van der Waals surface area contributed by atoms with Gasteiger partial charge in [0.2, 0.25) is 0 Å². The third kappa shape index (κ3) is 2.10. The van der Waals surface area contributed by atoms with Crippen LogP contribution in [-0.4, -0.2) is 11.0 Å². The molecule has 3 rings (SSSR count). The maximum absolute atomic E-state index is 6.04. The maximum Gasteiger partial charge on any atom is 0.152 e. The van der Waals surface area contributed by atoms with Crippen LogP contribution in [0.5, 0.6) is 0 Å². The quantitative estimate of drug-likeness (QED) is 0.791. The van der Waals surface area contributed by atoms with E-state index in [1.807, 2.05) is 12.1 Å². The Morgan fingerprint density at radius 2 is 1.93 bits per heavy atom. The van der Waals surface area contributed by atoms with Crippen LogP contribution in [-0.2, 0) is 0 Å². The summed E-state index contributed by atoms with van der Waals surface area (Å²) in [5, 5.41) is 4.18. The van der Waals surface area contributed by atoms with Crippen molar-refractivity contribution in [2.45, 2.75) is 31.7 Å². The lowest BCUT2D eigenvalue weighted by Gasteiger charge is -2.19. The molecule has 1 aromatic rings. The molecule has 0 aliphatic heterocycles. The molecular weight excluding hydrogens is 208 g/mol. The number of pyridine rings is 1. The van der Waals surface area contributed by atoms with E-state index in [4.69, 9.17) is 11.6 Å². The number of nitrogens with zero attached hydrogens (tertiary/aromatic N) is 1. The third-order valence-corrected chi connectivity index (χ3v) is 3.64. The number of anilines is 1. The van der Waals surface area contributed by atoms with Gasteiger partial charge in [-0.3, -0.25) is 0 Å². The Bertz CT molecular complexity index is 346. The molecule has 0 saturated heterocycles. The zero-order valence-electron chi connectivity index (χ0n) is 8.62. The molecule has 15 heavy (non-hydrogen) atoms. The first-order valence-corrected chi connectivity index (χ1v) is 6.09. The van der Waals surface area contributed by atoms with Crippen molar-refractivity contribution in [2.24, 2.45) is 11.8 Å². The van der Waals surface area contributed by atoms with Crippen molar-refractivity contribution in [2.75, 3.05) is 5.32 Å². The summed E-state index contributed by atoms with van der Waals surface area (Å²) in [7, 11) is 0. The predicted molar refractivity (Wildman–Crippen MR) is 62.1 cm³/mol. The minimum absolute atomic E-state index is 0.601. The smallest absolute Gasteiger partial charge is 0.152 e. The van der Waals surface area contributed by atoms with E-state index in [2.05, 4.69) is 10.3 Å². The highest BCUT2D eigenvalue weighted by atomic mass is 35.5. The average Bonchev–Trinajstić information content (AvgIpc) is 3.10. The third-order valence-electron chi connectivity index (χ3n) is 3.34. The summed E-state index contributed by atoms with van der Waals surface area (Å²) in [5.74, 6) is 1.77. The molecule has 0 amide bonds. The van der Waals surface area contributed by atoms with Crippen LogP contribution in [0.3, 0.4) is 0 Å². The summed E-state index contributed by atoms with van der Waals surface area (Å²) in [6.07, 6.45) is 7.26. The van der Waals surface area contributed by atoms with Gasteiger partial charge in [-0.15, -0.1) is 0 Å². The molecule has 1 N–H and O–H groups in total. The second kappa shape index (κ2) is 3.67. The minimum Gasteiger partial charge on any atom is -0.379 e. The fraction of sp³-hybridized carbons (Fsp3) is 0.583. The Labute approximate surface area is 95.0 Å². The summed E-state index contributed by atoms with van der Waals surface area (Å²) in [6, 6.07) is 4.60. The Kier molecular flexibility index (Phi) is 2.32. The Morgan fingerprint density at radius 3 is 2.47 bits per heavy atom. The van der Waals surface area contributed by atoms with Gasteiger partial charge in [0, 0.05) is 12.2 Å². The minimum atomic E-state index is 0.601. The first-order valence-electron chi connectivity index (χ1n) is 5.71. The summed E-state index contributed by atoms with van der Waals surface area (Å²) in [5.41, 5.74) is 1.00. The SMILES string of the molecule is Clc1ncccc1NC(C1CC1)C1CC1. The lowest BCUT2D eigenvalue weighted by atomic mass is 10.1. The van der Waals surface area contributed by atoms with E-state index in [-0.39, 0.29) is 0 Å². The molecule has 2 fully saturated rings. The van der Waals surface area contributed by atoms with Gasteiger partial charge in [-0.2, -0.15) is 0 Å². The maximum atomic E-state index is 6.04. The van der Waals surface area contributed by atoms with E-state index >= 15 is 0 Å². The fourth-order valence-electron chi connectivity index (χ4n) is 2.20. The van der Waals surface area contributed by atoms with Gasteiger partial charge in [0.15, 0.2) is 5.15 Å². The molecule has 0 spiro atoms. The molecule has 2 nitrogen and oxygen atoms in total. The van der Waals surface area contributed by atoms with Crippen LogP contribution in [0.2, 0.25) is 5.15 Å².